The highest BCUT2D eigenvalue weighted by Gasteiger charge is 2.27. The molecule has 3 rings (SSSR count). The van der Waals surface area contributed by atoms with Crippen molar-refractivity contribution in [2.45, 2.75) is 59.5 Å². The highest BCUT2D eigenvalue weighted by Crippen LogP contribution is 2.47. The van der Waals surface area contributed by atoms with Crippen LogP contribution in [0.3, 0.4) is 0 Å². The molecule has 1 aromatic heterocycles. The van der Waals surface area contributed by atoms with Crippen LogP contribution in [0, 0.1) is 5.82 Å². The van der Waals surface area contributed by atoms with E-state index in [1.54, 1.807) is 0 Å². The number of pyridine rings is 1. The molecule has 0 atom stereocenters. The maximum atomic E-state index is 13.6. The SMILES string of the molecule is COc1cc(F)ccc1Oc1cc(Cl)c(Cl)cc1C(=O)Nc1ccn(COP(OC(C)(C)C)OC(C)(C)C)c(=O)c1. The Balaban J connectivity index is 1.79. The Bertz CT molecular complexity index is 1440. The van der Waals surface area contributed by atoms with Crippen molar-refractivity contribution in [3.8, 4) is 17.2 Å². The van der Waals surface area contributed by atoms with E-state index in [4.69, 9.17) is 46.2 Å². The second-order valence-electron chi connectivity index (χ2n) is 10.7. The quantitative estimate of drug-likeness (QED) is 0.226. The minimum atomic E-state index is -1.76. The summed E-state index contributed by atoms with van der Waals surface area (Å²) in [4.78, 5) is 26.0. The summed E-state index contributed by atoms with van der Waals surface area (Å²) in [5, 5.41) is 2.89. The zero-order valence-corrected chi connectivity index (χ0v) is 26.1. The molecule has 0 radical (unpaired) electrons. The summed E-state index contributed by atoms with van der Waals surface area (Å²) in [7, 11) is -0.403. The van der Waals surface area contributed by atoms with Gasteiger partial charge in [0.05, 0.1) is 33.9 Å². The highest BCUT2D eigenvalue weighted by atomic mass is 35.5. The van der Waals surface area contributed by atoms with Crippen molar-refractivity contribution >= 4 is 43.4 Å². The van der Waals surface area contributed by atoms with E-state index in [2.05, 4.69) is 5.32 Å². The molecular formula is C28H32Cl2FN2O7P. The fraction of sp³-hybridized carbons (Fsp3) is 0.357. The Hall–Kier alpha value is -2.72. The molecule has 0 aliphatic carbocycles. The number of rotatable bonds is 10. The van der Waals surface area contributed by atoms with E-state index in [0.717, 1.165) is 6.07 Å². The molecule has 0 aliphatic heterocycles. The zero-order chi connectivity index (χ0) is 30.5. The number of methoxy groups -OCH3 is 1. The van der Waals surface area contributed by atoms with Crippen LogP contribution in [0.25, 0.3) is 0 Å². The Labute approximate surface area is 249 Å². The van der Waals surface area contributed by atoms with E-state index in [1.165, 1.54) is 54.3 Å². The molecule has 2 aromatic carbocycles. The standard InChI is InChI=1S/C28H32Cl2FN2O7P/c1-27(2,3)39-41(40-28(4,5)6)37-16-33-11-10-18(13-25(33)34)32-26(35)19-14-20(29)21(30)15-23(19)38-22-9-8-17(31)12-24(22)36-7/h8-15H,16H2,1-7H3,(H,32,35). The van der Waals surface area contributed by atoms with E-state index in [-0.39, 0.29) is 45.3 Å². The molecule has 9 nitrogen and oxygen atoms in total. The van der Waals surface area contributed by atoms with Gasteiger partial charge in [-0.1, -0.05) is 23.2 Å². The van der Waals surface area contributed by atoms with Crippen molar-refractivity contribution in [3.05, 3.63) is 80.4 Å². The number of aromatic nitrogens is 1. The lowest BCUT2D eigenvalue weighted by molar-refractivity contribution is 0.0231. The van der Waals surface area contributed by atoms with Crippen molar-refractivity contribution in [1.29, 1.82) is 0 Å². The topological polar surface area (TPSA) is 97.2 Å². The van der Waals surface area contributed by atoms with Gasteiger partial charge in [-0.05, 0) is 65.8 Å². The average molecular weight is 629 g/mol. The summed E-state index contributed by atoms with van der Waals surface area (Å²) in [5.74, 6) is -0.864. The summed E-state index contributed by atoms with van der Waals surface area (Å²) in [6.07, 6.45) is 1.47. The fourth-order valence-corrected chi connectivity index (χ4v) is 4.73. The average Bonchev–Trinajstić information content (AvgIpc) is 2.84. The number of ether oxygens (including phenoxy) is 2. The van der Waals surface area contributed by atoms with Gasteiger partial charge in [-0.3, -0.25) is 18.7 Å². The first-order valence-electron chi connectivity index (χ1n) is 12.4. The number of amides is 1. The summed E-state index contributed by atoms with van der Waals surface area (Å²) < 4.78 is 43.5. The second-order valence-corrected chi connectivity index (χ2v) is 12.6. The molecular weight excluding hydrogens is 597 g/mol. The molecule has 13 heteroatoms. The predicted octanol–water partition coefficient (Wildman–Crippen LogP) is 8.18. The molecule has 1 amide bonds. The summed E-state index contributed by atoms with van der Waals surface area (Å²) in [5.41, 5.74) is -1.25. The van der Waals surface area contributed by atoms with Crippen LogP contribution in [0.5, 0.6) is 17.2 Å². The van der Waals surface area contributed by atoms with Gasteiger partial charge in [0.15, 0.2) is 11.5 Å². The normalized spacial score (nSPS) is 12.0. The number of hydrogen-bond acceptors (Lipinski definition) is 7. The predicted molar refractivity (Wildman–Crippen MR) is 158 cm³/mol. The first kappa shape index (κ1) is 32.8. The number of halogens is 3. The van der Waals surface area contributed by atoms with Crippen LogP contribution in [0.4, 0.5) is 10.1 Å². The molecule has 0 bridgehead atoms. The molecule has 0 unspecified atom stereocenters. The van der Waals surface area contributed by atoms with Crippen LogP contribution >= 0.6 is 31.8 Å². The third kappa shape index (κ3) is 9.95. The van der Waals surface area contributed by atoms with Crippen LogP contribution in [0.15, 0.2) is 53.5 Å². The van der Waals surface area contributed by atoms with Crippen LogP contribution in [-0.4, -0.2) is 28.8 Å². The Morgan fingerprint density at radius 2 is 1.56 bits per heavy atom. The Morgan fingerprint density at radius 3 is 2.15 bits per heavy atom. The maximum Gasteiger partial charge on any atom is 0.335 e. The largest absolute Gasteiger partial charge is 0.493 e. The first-order chi connectivity index (χ1) is 19.0. The van der Waals surface area contributed by atoms with E-state index in [9.17, 15) is 14.0 Å². The van der Waals surface area contributed by atoms with Gasteiger partial charge in [0.25, 0.3) is 11.5 Å². The third-order valence-corrected chi connectivity index (χ3v) is 7.31. The summed E-state index contributed by atoms with van der Waals surface area (Å²) in [6.45, 7) is 11.1. The van der Waals surface area contributed by atoms with Gasteiger partial charge < -0.3 is 23.8 Å². The van der Waals surface area contributed by atoms with Crippen LogP contribution in [-0.2, 0) is 20.3 Å². The number of nitrogens with one attached hydrogen (secondary N) is 1. The monoisotopic (exact) mass is 628 g/mol. The van der Waals surface area contributed by atoms with Gasteiger partial charge in [-0.25, -0.2) is 4.39 Å². The van der Waals surface area contributed by atoms with Gasteiger partial charge in [0.2, 0.25) is 0 Å². The first-order valence-corrected chi connectivity index (χ1v) is 14.2. The lowest BCUT2D eigenvalue weighted by Crippen LogP contribution is -2.25. The number of hydrogen-bond donors (Lipinski definition) is 1. The lowest BCUT2D eigenvalue weighted by atomic mass is 10.1. The van der Waals surface area contributed by atoms with Gasteiger partial charge in [0, 0.05) is 30.1 Å². The fourth-order valence-electron chi connectivity index (χ4n) is 3.15. The molecule has 41 heavy (non-hydrogen) atoms. The molecule has 0 fully saturated rings. The number of carbonyl (C=O) groups is 1. The Kier molecular flexibility index (Phi) is 10.8. The van der Waals surface area contributed by atoms with Crippen molar-refractivity contribution in [1.82, 2.24) is 4.57 Å². The number of nitrogens with zero attached hydrogens (tertiary/aromatic N) is 1. The maximum absolute atomic E-state index is 13.6. The van der Waals surface area contributed by atoms with Gasteiger partial charge in [0.1, 0.15) is 18.3 Å². The van der Waals surface area contributed by atoms with Crippen LogP contribution < -0.4 is 20.3 Å². The molecule has 1 N–H and O–H groups in total. The summed E-state index contributed by atoms with van der Waals surface area (Å²) >= 11 is 12.3. The van der Waals surface area contributed by atoms with Crippen molar-refractivity contribution < 1.29 is 32.2 Å². The second kappa shape index (κ2) is 13.5. The van der Waals surface area contributed by atoms with E-state index >= 15 is 0 Å². The molecule has 3 aromatic rings. The Morgan fingerprint density at radius 1 is 0.927 bits per heavy atom. The van der Waals surface area contributed by atoms with E-state index in [1.807, 2.05) is 41.5 Å². The van der Waals surface area contributed by atoms with Crippen LogP contribution in [0.1, 0.15) is 51.9 Å². The highest BCUT2D eigenvalue weighted by molar-refractivity contribution is 7.41. The van der Waals surface area contributed by atoms with E-state index < -0.39 is 37.1 Å². The molecule has 0 aliphatic rings. The van der Waals surface area contributed by atoms with Crippen molar-refractivity contribution in [3.63, 3.8) is 0 Å². The van der Waals surface area contributed by atoms with Crippen molar-refractivity contribution in [2.75, 3.05) is 12.4 Å². The molecule has 0 saturated carbocycles. The molecule has 222 valence electrons. The van der Waals surface area contributed by atoms with Gasteiger partial charge in [-0.2, -0.15) is 0 Å². The lowest BCUT2D eigenvalue weighted by Gasteiger charge is -2.30. The number of anilines is 1. The minimum Gasteiger partial charge on any atom is -0.493 e. The summed E-state index contributed by atoms with van der Waals surface area (Å²) in [6, 6.07) is 9.12. The van der Waals surface area contributed by atoms with Crippen LogP contribution in [0.2, 0.25) is 10.0 Å². The van der Waals surface area contributed by atoms with Gasteiger partial charge >= 0.3 is 8.60 Å². The van der Waals surface area contributed by atoms with Gasteiger partial charge in [-0.15, -0.1) is 0 Å². The molecule has 0 spiro atoms. The zero-order valence-electron chi connectivity index (χ0n) is 23.7. The third-order valence-electron chi connectivity index (χ3n) is 4.87. The number of carbonyl (C=O) groups excluding carboxylic acids is 1. The number of benzene rings is 2. The minimum absolute atomic E-state index is 0.0163. The smallest absolute Gasteiger partial charge is 0.335 e. The van der Waals surface area contributed by atoms with Crippen molar-refractivity contribution in [2.24, 2.45) is 0 Å². The van der Waals surface area contributed by atoms with E-state index in [0.29, 0.717) is 0 Å². The molecule has 0 saturated heterocycles. The molecule has 1 heterocycles.